The number of hydrogen-bond acceptors (Lipinski definition) is 3. The van der Waals surface area contributed by atoms with Gasteiger partial charge >= 0.3 is 0 Å². The molecule has 9 heavy (non-hydrogen) atoms. The Bertz CT molecular complexity index is 105. The van der Waals surface area contributed by atoms with Crippen molar-refractivity contribution in [1.82, 2.24) is 0 Å². The summed E-state index contributed by atoms with van der Waals surface area (Å²) in [6, 6.07) is 0. The summed E-state index contributed by atoms with van der Waals surface area (Å²) < 4.78 is 4.88. The molecule has 1 aliphatic heterocycles. The second-order valence-electron chi connectivity index (χ2n) is 2.17. The first kappa shape index (κ1) is 6.55. The van der Waals surface area contributed by atoms with E-state index < -0.39 is 12.1 Å². The van der Waals surface area contributed by atoms with Gasteiger partial charge in [-0.15, -0.1) is 0 Å². The average Bonchev–Trinajstić information content (AvgIpc) is 1.90. The van der Waals surface area contributed by atoms with Gasteiger partial charge in [-0.2, -0.15) is 0 Å². The summed E-state index contributed by atoms with van der Waals surface area (Å²) >= 11 is 0. The highest BCUT2D eigenvalue weighted by molar-refractivity contribution is 5.69. The van der Waals surface area contributed by atoms with E-state index in [2.05, 4.69) is 0 Å². The number of carbonyl (C=O) groups excluding carboxylic acids is 1. The van der Waals surface area contributed by atoms with Crippen LogP contribution in [0.2, 0.25) is 0 Å². The fraction of sp³-hybridized carbons (Fsp3) is 0.833. The molecule has 0 aromatic heterocycles. The summed E-state index contributed by atoms with van der Waals surface area (Å²) in [4.78, 5) is 10.1. The minimum atomic E-state index is -1.07. The Hall–Kier alpha value is -0.570. The van der Waals surface area contributed by atoms with Gasteiger partial charge in [0.25, 0.3) is 0 Å². The van der Waals surface area contributed by atoms with E-state index in [1.807, 2.05) is 0 Å². The van der Waals surface area contributed by atoms with Crippen LogP contribution in [0.1, 0.15) is 19.3 Å². The van der Waals surface area contributed by atoms with Gasteiger partial charge in [-0.05, 0) is 19.3 Å². The van der Waals surface area contributed by atoms with Crippen molar-refractivity contribution in [2.24, 2.45) is 0 Å². The van der Waals surface area contributed by atoms with Crippen LogP contribution in [0.4, 0.5) is 0 Å². The van der Waals surface area contributed by atoms with Crippen LogP contribution >= 0.6 is 0 Å². The lowest BCUT2D eigenvalue weighted by Crippen LogP contribution is -2.39. The van der Waals surface area contributed by atoms with Gasteiger partial charge in [-0.25, -0.2) is 0 Å². The van der Waals surface area contributed by atoms with Crippen LogP contribution in [0.3, 0.4) is 0 Å². The molecule has 0 aliphatic carbocycles. The number of carbonyl (C=O) groups is 1. The molecule has 1 atom stereocenters. The molecule has 1 heterocycles. The second-order valence-corrected chi connectivity index (χ2v) is 2.17. The monoisotopic (exact) mass is 129 g/mol. The summed E-state index contributed by atoms with van der Waals surface area (Å²) in [5, 5.41) is 10.1. The van der Waals surface area contributed by atoms with Gasteiger partial charge in [0.2, 0.25) is 0 Å². The van der Waals surface area contributed by atoms with E-state index in [9.17, 15) is 9.90 Å². The number of aliphatic carboxylic acids is 1. The highest BCUT2D eigenvalue weighted by Gasteiger charge is 2.13. The molecule has 52 valence electrons. The lowest BCUT2D eigenvalue weighted by atomic mass is 10.1. The molecule has 1 fully saturated rings. The molecule has 1 rings (SSSR count). The van der Waals surface area contributed by atoms with Crippen molar-refractivity contribution < 1.29 is 14.6 Å². The van der Waals surface area contributed by atoms with Gasteiger partial charge in [0.1, 0.15) is 0 Å². The van der Waals surface area contributed by atoms with E-state index in [0.717, 1.165) is 12.8 Å². The molecule has 1 saturated heterocycles. The van der Waals surface area contributed by atoms with Crippen molar-refractivity contribution in [3.05, 3.63) is 0 Å². The molecule has 0 aromatic carbocycles. The first-order valence-corrected chi connectivity index (χ1v) is 3.13. The highest BCUT2D eigenvalue weighted by atomic mass is 16.5. The number of carboxylic acid groups (broad SMARTS) is 1. The summed E-state index contributed by atoms with van der Waals surface area (Å²) in [5.41, 5.74) is 0. The van der Waals surface area contributed by atoms with E-state index in [-0.39, 0.29) is 0 Å². The molecule has 0 spiro atoms. The quantitative estimate of drug-likeness (QED) is 0.470. The van der Waals surface area contributed by atoms with Gasteiger partial charge in [-0.1, -0.05) is 0 Å². The van der Waals surface area contributed by atoms with Crippen molar-refractivity contribution in [2.45, 2.75) is 25.4 Å². The fourth-order valence-electron chi connectivity index (χ4n) is 0.927. The van der Waals surface area contributed by atoms with Crippen molar-refractivity contribution in [3.63, 3.8) is 0 Å². The Labute approximate surface area is 53.6 Å². The van der Waals surface area contributed by atoms with Crippen molar-refractivity contribution in [3.8, 4) is 0 Å². The summed E-state index contributed by atoms with van der Waals surface area (Å²) in [7, 11) is 0. The molecule has 1 unspecified atom stereocenters. The van der Waals surface area contributed by atoms with Crippen molar-refractivity contribution >= 4 is 5.97 Å². The zero-order valence-corrected chi connectivity index (χ0v) is 5.13. The molecule has 0 saturated carbocycles. The van der Waals surface area contributed by atoms with Crippen LogP contribution in [-0.4, -0.2) is 18.7 Å². The third-order valence-corrected chi connectivity index (χ3v) is 1.44. The maximum atomic E-state index is 10.1. The molecular formula is C6H9O3-. The Morgan fingerprint density at radius 2 is 2.33 bits per heavy atom. The largest absolute Gasteiger partial charge is 0.547 e. The molecule has 0 aromatic rings. The van der Waals surface area contributed by atoms with Gasteiger partial charge in [0, 0.05) is 6.61 Å². The minimum Gasteiger partial charge on any atom is -0.547 e. The van der Waals surface area contributed by atoms with E-state index in [0.29, 0.717) is 13.0 Å². The molecule has 3 nitrogen and oxygen atoms in total. The number of rotatable bonds is 1. The molecule has 1 aliphatic rings. The Morgan fingerprint density at radius 1 is 1.56 bits per heavy atom. The third kappa shape index (κ3) is 1.68. The zero-order chi connectivity index (χ0) is 6.69. The normalized spacial score (nSPS) is 27.8. The predicted octanol–water partition coefficient (Wildman–Crippen LogP) is -0.695. The number of ether oxygens (including phenoxy) is 1. The first-order valence-electron chi connectivity index (χ1n) is 3.13. The van der Waals surface area contributed by atoms with Crippen LogP contribution in [0, 0.1) is 0 Å². The van der Waals surface area contributed by atoms with Crippen LogP contribution in [0.15, 0.2) is 0 Å². The molecule has 0 radical (unpaired) electrons. The standard InChI is InChI=1S/C6H10O3/c7-6(8)5-3-1-2-4-9-5/h5H,1-4H2,(H,7,8)/p-1. The summed E-state index contributed by atoms with van der Waals surface area (Å²) in [5.74, 6) is -1.07. The second kappa shape index (κ2) is 2.82. The first-order chi connectivity index (χ1) is 4.30. The van der Waals surface area contributed by atoms with Crippen molar-refractivity contribution in [1.29, 1.82) is 0 Å². The summed E-state index contributed by atoms with van der Waals surface area (Å²) in [6.45, 7) is 0.568. The molecule has 0 bridgehead atoms. The molecule has 0 amide bonds. The average molecular weight is 129 g/mol. The van der Waals surface area contributed by atoms with Crippen LogP contribution in [0.5, 0.6) is 0 Å². The van der Waals surface area contributed by atoms with E-state index in [1.165, 1.54) is 0 Å². The van der Waals surface area contributed by atoms with Gasteiger partial charge < -0.3 is 14.6 Å². The van der Waals surface area contributed by atoms with Crippen molar-refractivity contribution in [2.75, 3.05) is 6.61 Å². The van der Waals surface area contributed by atoms with Gasteiger partial charge in [-0.3, -0.25) is 0 Å². The molecular weight excluding hydrogens is 120 g/mol. The SMILES string of the molecule is O=C([O-])C1CCCCO1. The predicted molar refractivity (Wildman–Crippen MR) is 28.6 cm³/mol. The Kier molecular flexibility index (Phi) is 2.05. The van der Waals surface area contributed by atoms with E-state index in [1.54, 1.807) is 0 Å². The van der Waals surface area contributed by atoms with Crippen LogP contribution in [-0.2, 0) is 9.53 Å². The van der Waals surface area contributed by atoms with Gasteiger partial charge in [0.05, 0.1) is 12.1 Å². The molecule has 0 N–H and O–H groups in total. The minimum absolute atomic E-state index is 0.568. The highest BCUT2D eigenvalue weighted by Crippen LogP contribution is 2.11. The zero-order valence-electron chi connectivity index (χ0n) is 5.13. The number of hydrogen-bond donors (Lipinski definition) is 0. The van der Waals surface area contributed by atoms with Crippen LogP contribution < -0.4 is 5.11 Å². The summed E-state index contributed by atoms with van der Waals surface area (Å²) in [6.07, 6.45) is 1.89. The number of carboxylic acids is 1. The lowest BCUT2D eigenvalue weighted by molar-refractivity contribution is -0.318. The Balaban J connectivity index is 2.31. The third-order valence-electron chi connectivity index (χ3n) is 1.44. The van der Waals surface area contributed by atoms with E-state index in [4.69, 9.17) is 4.74 Å². The molecule has 3 heteroatoms. The maximum Gasteiger partial charge on any atom is 0.0968 e. The lowest BCUT2D eigenvalue weighted by Gasteiger charge is -2.22. The van der Waals surface area contributed by atoms with E-state index >= 15 is 0 Å². The van der Waals surface area contributed by atoms with Gasteiger partial charge in [0.15, 0.2) is 0 Å². The fourth-order valence-corrected chi connectivity index (χ4v) is 0.927. The smallest absolute Gasteiger partial charge is 0.0968 e. The topological polar surface area (TPSA) is 49.4 Å². The van der Waals surface area contributed by atoms with Crippen LogP contribution in [0.25, 0.3) is 0 Å². The maximum absolute atomic E-state index is 10.1. The Morgan fingerprint density at radius 3 is 2.67 bits per heavy atom.